The quantitative estimate of drug-likeness (QED) is 0.415. The average molecular weight is 426 g/mol. The second-order valence-electron chi connectivity index (χ2n) is 6.35. The molecule has 1 saturated heterocycles. The SMILES string of the molecule is COc1cccc(/C=C2\C(=O)NC(=S)N(C)C2=O)c1OCc1cccc(C(=O)O)c1. The summed E-state index contributed by atoms with van der Waals surface area (Å²) in [5, 5.41) is 11.6. The van der Waals surface area contributed by atoms with Gasteiger partial charge in [-0.1, -0.05) is 24.3 Å². The number of nitrogens with one attached hydrogen (secondary N) is 1. The standard InChI is InChI=1S/C21H18N2O6S/c1-23-19(25)15(18(24)22-21(23)30)10-13-6-4-8-16(28-2)17(13)29-11-12-5-3-7-14(9-12)20(26)27/h3-10H,11H2,1-2H3,(H,26,27)(H,22,24,30)/b15-10+. The number of rotatable bonds is 6. The average Bonchev–Trinajstić information content (AvgIpc) is 2.74. The van der Waals surface area contributed by atoms with Gasteiger partial charge in [-0.15, -0.1) is 0 Å². The summed E-state index contributed by atoms with van der Waals surface area (Å²) in [4.78, 5) is 37.1. The van der Waals surface area contributed by atoms with Gasteiger partial charge >= 0.3 is 5.97 Å². The molecule has 0 bridgehead atoms. The molecule has 154 valence electrons. The Kier molecular flexibility index (Phi) is 6.12. The zero-order valence-corrected chi connectivity index (χ0v) is 17.0. The Hall–Kier alpha value is -3.72. The summed E-state index contributed by atoms with van der Waals surface area (Å²) < 4.78 is 11.2. The van der Waals surface area contributed by atoms with Crippen LogP contribution in [0.4, 0.5) is 0 Å². The van der Waals surface area contributed by atoms with Crippen LogP contribution in [0, 0.1) is 0 Å². The van der Waals surface area contributed by atoms with Crippen molar-refractivity contribution in [3.63, 3.8) is 0 Å². The van der Waals surface area contributed by atoms with Crippen molar-refractivity contribution in [1.29, 1.82) is 0 Å². The first-order valence-corrected chi connectivity index (χ1v) is 9.19. The lowest BCUT2D eigenvalue weighted by molar-refractivity contribution is -0.128. The molecule has 0 aliphatic carbocycles. The predicted molar refractivity (Wildman–Crippen MR) is 112 cm³/mol. The summed E-state index contributed by atoms with van der Waals surface area (Å²) in [7, 11) is 2.94. The number of amides is 2. The van der Waals surface area contributed by atoms with Gasteiger partial charge in [-0.05, 0) is 42.1 Å². The zero-order chi connectivity index (χ0) is 21.8. The fourth-order valence-electron chi connectivity index (χ4n) is 2.81. The van der Waals surface area contributed by atoms with E-state index in [1.165, 1.54) is 37.3 Å². The number of benzene rings is 2. The van der Waals surface area contributed by atoms with E-state index in [2.05, 4.69) is 5.32 Å². The largest absolute Gasteiger partial charge is 0.493 e. The van der Waals surface area contributed by atoms with Gasteiger partial charge in [-0.25, -0.2) is 4.79 Å². The molecular weight excluding hydrogens is 408 g/mol. The first-order chi connectivity index (χ1) is 14.3. The second kappa shape index (κ2) is 8.75. The third kappa shape index (κ3) is 4.31. The van der Waals surface area contributed by atoms with Gasteiger partial charge in [0, 0.05) is 12.6 Å². The number of hydrogen-bond acceptors (Lipinski definition) is 6. The zero-order valence-electron chi connectivity index (χ0n) is 16.2. The van der Waals surface area contributed by atoms with Gasteiger partial charge in [0.25, 0.3) is 11.8 Å². The smallest absolute Gasteiger partial charge is 0.335 e. The van der Waals surface area contributed by atoms with Crippen LogP contribution in [0.3, 0.4) is 0 Å². The minimum Gasteiger partial charge on any atom is -0.493 e. The molecule has 1 heterocycles. The minimum absolute atomic E-state index is 0.0302. The van der Waals surface area contributed by atoms with Crippen molar-refractivity contribution in [2.75, 3.05) is 14.2 Å². The lowest BCUT2D eigenvalue weighted by atomic mass is 10.1. The normalized spacial score (nSPS) is 15.2. The summed E-state index contributed by atoms with van der Waals surface area (Å²) >= 11 is 4.95. The van der Waals surface area contributed by atoms with E-state index in [0.717, 1.165) is 0 Å². The fraction of sp³-hybridized carbons (Fsp3) is 0.143. The molecule has 0 saturated carbocycles. The number of thiocarbonyl (C=S) groups is 1. The molecule has 0 spiro atoms. The molecule has 8 nitrogen and oxygen atoms in total. The summed E-state index contributed by atoms with van der Waals surface area (Å²) in [6.07, 6.45) is 1.40. The number of para-hydroxylation sites is 1. The van der Waals surface area contributed by atoms with E-state index in [0.29, 0.717) is 22.6 Å². The number of carboxylic acids is 1. The summed E-state index contributed by atoms with van der Waals surface area (Å²) in [5.74, 6) is -1.47. The van der Waals surface area contributed by atoms with Gasteiger partial charge < -0.3 is 14.6 Å². The number of likely N-dealkylation sites (N-methyl/N-ethyl adjacent to an activating group) is 1. The Bertz CT molecular complexity index is 1080. The third-order valence-corrected chi connectivity index (χ3v) is 4.77. The van der Waals surface area contributed by atoms with Gasteiger partial charge in [0.15, 0.2) is 16.6 Å². The maximum atomic E-state index is 12.5. The molecule has 0 radical (unpaired) electrons. The van der Waals surface area contributed by atoms with Crippen molar-refractivity contribution in [3.8, 4) is 11.5 Å². The fourth-order valence-corrected chi connectivity index (χ4v) is 2.99. The lowest BCUT2D eigenvalue weighted by Gasteiger charge is -2.25. The minimum atomic E-state index is -1.04. The molecule has 0 unspecified atom stereocenters. The van der Waals surface area contributed by atoms with Crippen LogP contribution in [-0.2, 0) is 16.2 Å². The van der Waals surface area contributed by atoms with Crippen molar-refractivity contribution in [1.82, 2.24) is 10.2 Å². The van der Waals surface area contributed by atoms with Gasteiger partial charge in [-0.2, -0.15) is 0 Å². The van der Waals surface area contributed by atoms with E-state index in [-0.39, 0.29) is 22.9 Å². The number of aromatic carboxylic acids is 1. The maximum Gasteiger partial charge on any atom is 0.335 e. The summed E-state index contributed by atoms with van der Waals surface area (Å²) in [5.41, 5.74) is 1.12. The molecular formula is C21H18N2O6S. The molecule has 1 aliphatic rings. The monoisotopic (exact) mass is 426 g/mol. The van der Waals surface area contributed by atoms with Crippen LogP contribution in [0.15, 0.2) is 48.0 Å². The number of nitrogens with zero attached hydrogens (tertiary/aromatic N) is 1. The van der Waals surface area contributed by atoms with Crippen molar-refractivity contribution in [2.24, 2.45) is 0 Å². The molecule has 2 N–H and O–H groups in total. The molecule has 2 aromatic rings. The second-order valence-corrected chi connectivity index (χ2v) is 6.74. The molecule has 0 aromatic heterocycles. The Balaban J connectivity index is 1.95. The van der Waals surface area contributed by atoms with Gasteiger partial charge in [0.1, 0.15) is 12.2 Å². The molecule has 1 aliphatic heterocycles. The number of ether oxygens (including phenoxy) is 2. The molecule has 0 atom stereocenters. The van der Waals surface area contributed by atoms with Crippen molar-refractivity contribution in [2.45, 2.75) is 6.61 Å². The topological polar surface area (TPSA) is 105 Å². The van der Waals surface area contributed by atoms with E-state index in [1.807, 2.05) is 0 Å². The Morgan fingerprint density at radius 3 is 2.67 bits per heavy atom. The van der Waals surface area contributed by atoms with Crippen molar-refractivity contribution < 1.29 is 29.0 Å². The first-order valence-electron chi connectivity index (χ1n) is 8.79. The number of carbonyl (C=O) groups excluding carboxylic acids is 2. The molecule has 3 rings (SSSR count). The highest BCUT2D eigenvalue weighted by molar-refractivity contribution is 7.80. The molecule has 2 aromatic carbocycles. The van der Waals surface area contributed by atoms with E-state index in [1.54, 1.807) is 30.3 Å². The lowest BCUT2D eigenvalue weighted by Crippen LogP contribution is -2.52. The Morgan fingerprint density at radius 2 is 1.97 bits per heavy atom. The number of hydrogen-bond donors (Lipinski definition) is 2. The number of carbonyl (C=O) groups is 3. The molecule has 30 heavy (non-hydrogen) atoms. The Morgan fingerprint density at radius 1 is 1.23 bits per heavy atom. The van der Waals surface area contributed by atoms with Crippen LogP contribution in [-0.4, -0.2) is 47.1 Å². The van der Waals surface area contributed by atoms with E-state index in [4.69, 9.17) is 26.8 Å². The van der Waals surface area contributed by atoms with Gasteiger partial charge in [-0.3, -0.25) is 19.8 Å². The third-order valence-electron chi connectivity index (χ3n) is 4.39. The number of methoxy groups -OCH3 is 1. The van der Waals surface area contributed by atoms with Crippen molar-refractivity contribution >= 4 is 41.2 Å². The molecule has 2 amide bonds. The van der Waals surface area contributed by atoms with E-state index < -0.39 is 17.8 Å². The van der Waals surface area contributed by atoms with Gasteiger partial charge in [0.2, 0.25) is 0 Å². The van der Waals surface area contributed by atoms with Crippen LogP contribution in [0.5, 0.6) is 11.5 Å². The van der Waals surface area contributed by atoms with Crippen LogP contribution < -0.4 is 14.8 Å². The Labute approximate surface area is 177 Å². The van der Waals surface area contributed by atoms with Crippen LogP contribution in [0.25, 0.3) is 6.08 Å². The van der Waals surface area contributed by atoms with Crippen LogP contribution >= 0.6 is 12.2 Å². The van der Waals surface area contributed by atoms with Crippen LogP contribution in [0.1, 0.15) is 21.5 Å². The summed E-state index contributed by atoms with van der Waals surface area (Å²) in [6, 6.07) is 11.4. The van der Waals surface area contributed by atoms with E-state index in [9.17, 15) is 14.4 Å². The summed E-state index contributed by atoms with van der Waals surface area (Å²) in [6.45, 7) is 0.0573. The first kappa shape index (κ1) is 21.0. The van der Waals surface area contributed by atoms with Crippen molar-refractivity contribution in [3.05, 3.63) is 64.7 Å². The highest BCUT2D eigenvalue weighted by Gasteiger charge is 2.31. The predicted octanol–water partition coefficient (Wildman–Crippen LogP) is 2.23. The molecule has 1 fully saturated rings. The molecule has 9 heteroatoms. The van der Waals surface area contributed by atoms with E-state index >= 15 is 0 Å². The maximum absolute atomic E-state index is 12.5. The van der Waals surface area contributed by atoms with Gasteiger partial charge in [0.05, 0.1) is 12.7 Å². The highest BCUT2D eigenvalue weighted by Crippen LogP contribution is 2.33. The van der Waals surface area contributed by atoms with Crippen LogP contribution in [0.2, 0.25) is 0 Å². The highest BCUT2D eigenvalue weighted by atomic mass is 32.1. The number of carboxylic acid groups (broad SMARTS) is 1.